The van der Waals surface area contributed by atoms with E-state index < -0.39 is 0 Å². The molecule has 3 rings (SSSR count). The minimum Gasteiger partial charge on any atom is -0.335 e. The molecule has 0 bridgehead atoms. The Morgan fingerprint density at radius 1 is 1.22 bits per heavy atom. The van der Waals surface area contributed by atoms with Gasteiger partial charge in [0.25, 0.3) is 5.91 Å². The van der Waals surface area contributed by atoms with Crippen molar-refractivity contribution in [2.24, 2.45) is 0 Å². The molecule has 0 unspecified atom stereocenters. The van der Waals surface area contributed by atoms with E-state index in [2.05, 4.69) is 16.8 Å². The van der Waals surface area contributed by atoms with Crippen molar-refractivity contribution in [1.82, 2.24) is 14.8 Å². The van der Waals surface area contributed by atoms with Crippen LogP contribution < -0.4 is 0 Å². The van der Waals surface area contributed by atoms with E-state index >= 15 is 0 Å². The van der Waals surface area contributed by atoms with Crippen molar-refractivity contribution in [3.05, 3.63) is 51.7 Å². The summed E-state index contributed by atoms with van der Waals surface area (Å²) in [6.07, 6.45) is 2.29. The fourth-order valence-electron chi connectivity index (χ4n) is 2.69. The van der Waals surface area contributed by atoms with Gasteiger partial charge in [-0.15, -0.1) is 11.3 Å². The summed E-state index contributed by atoms with van der Waals surface area (Å²) in [6, 6.07) is 6.40. The van der Waals surface area contributed by atoms with Crippen LogP contribution in [0.3, 0.4) is 0 Å². The normalized spacial score (nSPS) is 15.8. The second kappa shape index (κ2) is 7.19. The number of aromatic nitrogens is 1. The molecule has 2 aromatic rings. The molecule has 2 heterocycles. The molecule has 0 spiro atoms. The zero-order valence-corrected chi connectivity index (χ0v) is 14.0. The molecule has 0 aliphatic carbocycles. The van der Waals surface area contributed by atoms with Gasteiger partial charge in [-0.2, -0.15) is 0 Å². The third-order valence-corrected chi connectivity index (χ3v) is 5.12. The van der Waals surface area contributed by atoms with Crippen molar-refractivity contribution >= 4 is 17.2 Å². The number of likely N-dealkylation sites (N-methyl/N-ethyl adjacent to an activating group) is 1. The van der Waals surface area contributed by atoms with Gasteiger partial charge in [-0.1, -0.05) is 19.1 Å². The molecule has 0 N–H and O–H groups in total. The summed E-state index contributed by atoms with van der Waals surface area (Å²) < 4.78 is 12.9. The molecule has 23 heavy (non-hydrogen) atoms. The van der Waals surface area contributed by atoms with Gasteiger partial charge in [-0.25, -0.2) is 9.37 Å². The topological polar surface area (TPSA) is 36.4 Å². The van der Waals surface area contributed by atoms with E-state index in [4.69, 9.17) is 0 Å². The zero-order valence-electron chi connectivity index (χ0n) is 13.2. The molecule has 1 aliphatic rings. The van der Waals surface area contributed by atoms with Crippen LogP contribution in [-0.4, -0.2) is 53.4 Å². The highest BCUT2D eigenvalue weighted by atomic mass is 32.1. The fourth-order valence-corrected chi connectivity index (χ4v) is 3.61. The smallest absolute Gasteiger partial charge is 0.265 e. The van der Waals surface area contributed by atoms with Crippen LogP contribution in [0.1, 0.15) is 27.2 Å². The fraction of sp³-hybridized carbons (Fsp3) is 0.412. The minimum absolute atomic E-state index is 0.0728. The maximum absolute atomic E-state index is 12.9. The Labute approximate surface area is 139 Å². The first-order valence-corrected chi connectivity index (χ1v) is 8.68. The lowest BCUT2D eigenvalue weighted by Crippen LogP contribution is -2.48. The van der Waals surface area contributed by atoms with E-state index in [0.717, 1.165) is 43.3 Å². The Hall–Kier alpha value is -1.79. The molecule has 1 saturated heterocycles. The van der Waals surface area contributed by atoms with Crippen molar-refractivity contribution < 1.29 is 9.18 Å². The summed E-state index contributed by atoms with van der Waals surface area (Å²) in [5.41, 5.74) is 0.997. The maximum atomic E-state index is 12.9. The van der Waals surface area contributed by atoms with Gasteiger partial charge in [0, 0.05) is 32.6 Å². The van der Waals surface area contributed by atoms with Crippen molar-refractivity contribution in [3.63, 3.8) is 0 Å². The number of benzene rings is 1. The van der Waals surface area contributed by atoms with E-state index in [9.17, 15) is 9.18 Å². The van der Waals surface area contributed by atoms with Gasteiger partial charge in [0.15, 0.2) is 0 Å². The van der Waals surface area contributed by atoms with Crippen LogP contribution in [0.2, 0.25) is 0 Å². The molecule has 1 aliphatic heterocycles. The molecule has 0 radical (unpaired) electrons. The summed E-state index contributed by atoms with van der Waals surface area (Å²) in [5.74, 6) is -0.168. The molecule has 1 amide bonds. The van der Waals surface area contributed by atoms with E-state index in [1.165, 1.54) is 23.5 Å². The van der Waals surface area contributed by atoms with Gasteiger partial charge in [-0.05, 0) is 24.2 Å². The van der Waals surface area contributed by atoms with Gasteiger partial charge >= 0.3 is 0 Å². The van der Waals surface area contributed by atoms with Crippen LogP contribution in [0, 0.1) is 5.82 Å². The summed E-state index contributed by atoms with van der Waals surface area (Å²) >= 11 is 1.43. The zero-order chi connectivity index (χ0) is 16.2. The van der Waals surface area contributed by atoms with Crippen LogP contribution >= 0.6 is 11.3 Å². The van der Waals surface area contributed by atoms with Crippen molar-refractivity contribution in [2.75, 3.05) is 32.7 Å². The average molecular weight is 333 g/mol. The van der Waals surface area contributed by atoms with Crippen LogP contribution in [0.5, 0.6) is 0 Å². The van der Waals surface area contributed by atoms with Crippen LogP contribution in [-0.2, 0) is 6.42 Å². The minimum atomic E-state index is -0.241. The molecule has 1 aromatic carbocycles. The number of thiazole rings is 1. The van der Waals surface area contributed by atoms with Gasteiger partial charge < -0.3 is 9.80 Å². The molecule has 0 saturated carbocycles. The highest BCUT2D eigenvalue weighted by molar-refractivity contribution is 7.13. The second-order valence-corrected chi connectivity index (χ2v) is 6.76. The number of hydrogen-bond donors (Lipinski definition) is 0. The van der Waals surface area contributed by atoms with E-state index in [-0.39, 0.29) is 11.7 Å². The highest BCUT2D eigenvalue weighted by Crippen LogP contribution is 2.19. The Morgan fingerprint density at radius 2 is 1.91 bits per heavy atom. The van der Waals surface area contributed by atoms with Gasteiger partial charge in [0.1, 0.15) is 10.7 Å². The highest BCUT2D eigenvalue weighted by Gasteiger charge is 2.22. The predicted octanol–water partition coefficient (Wildman–Crippen LogP) is 2.65. The molecule has 6 heteroatoms. The van der Waals surface area contributed by atoms with Crippen LogP contribution in [0.15, 0.2) is 30.5 Å². The number of halogens is 1. The summed E-state index contributed by atoms with van der Waals surface area (Å²) in [4.78, 5) is 21.8. The molecular formula is C17H20FN3OS. The second-order valence-electron chi connectivity index (χ2n) is 5.65. The lowest BCUT2D eigenvalue weighted by molar-refractivity contribution is 0.0648. The van der Waals surface area contributed by atoms with Crippen molar-refractivity contribution in [1.29, 1.82) is 0 Å². The molecular weight excluding hydrogens is 313 g/mol. The van der Waals surface area contributed by atoms with Gasteiger partial charge in [0.2, 0.25) is 0 Å². The SMILES string of the molecule is CCN1CCN(C(=O)c2cnc(Cc3ccc(F)cc3)s2)CC1. The lowest BCUT2D eigenvalue weighted by Gasteiger charge is -2.33. The predicted molar refractivity (Wildman–Crippen MR) is 89.3 cm³/mol. The maximum Gasteiger partial charge on any atom is 0.265 e. The molecule has 122 valence electrons. The Balaban J connectivity index is 1.62. The number of piperazine rings is 1. The molecule has 1 fully saturated rings. The monoisotopic (exact) mass is 333 g/mol. The molecule has 4 nitrogen and oxygen atoms in total. The Kier molecular flexibility index (Phi) is 5.03. The van der Waals surface area contributed by atoms with E-state index in [0.29, 0.717) is 11.3 Å². The first-order valence-electron chi connectivity index (χ1n) is 7.86. The van der Waals surface area contributed by atoms with E-state index in [1.54, 1.807) is 18.3 Å². The number of nitrogens with zero attached hydrogens (tertiary/aromatic N) is 3. The van der Waals surface area contributed by atoms with Gasteiger partial charge in [-0.3, -0.25) is 4.79 Å². The third-order valence-electron chi connectivity index (χ3n) is 4.14. The van der Waals surface area contributed by atoms with Crippen molar-refractivity contribution in [2.45, 2.75) is 13.3 Å². The number of rotatable bonds is 4. The number of hydrogen-bond acceptors (Lipinski definition) is 4. The molecule has 1 aromatic heterocycles. The Morgan fingerprint density at radius 3 is 2.57 bits per heavy atom. The summed E-state index contributed by atoms with van der Waals surface area (Å²) in [6.45, 7) is 6.59. The first-order chi connectivity index (χ1) is 11.2. The van der Waals surface area contributed by atoms with Crippen LogP contribution in [0.4, 0.5) is 4.39 Å². The number of amides is 1. The summed E-state index contributed by atoms with van der Waals surface area (Å²) in [5, 5.41) is 0.882. The standard InChI is InChI=1S/C17H20FN3OS/c1-2-20-7-9-21(10-8-20)17(22)15-12-19-16(23-15)11-13-3-5-14(18)6-4-13/h3-6,12H,2,7-11H2,1H3. The van der Waals surface area contributed by atoms with Crippen molar-refractivity contribution in [3.8, 4) is 0 Å². The summed E-state index contributed by atoms with van der Waals surface area (Å²) in [7, 11) is 0. The molecule has 0 atom stereocenters. The number of carbonyl (C=O) groups is 1. The van der Waals surface area contributed by atoms with E-state index in [1.807, 2.05) is 4.90 Å². The quantitative estimate of drug-likeness (QED) is 0.863. The average Bonchev–Trinajstić information content (AvgIpc) is 3.05. The van der Waals surface area contributed by atoms with Crippen LogP contribution in [0.25, 0.3) is 0 Å². The third kappa shape index (κ3) is 3.95. The largest absolute Gasteiger partial charge is 0.335 e. The van der Waals surface area contributed by atoms with Gasteiger partial charge in [0.05, 0.1) is 11.2 Å². The Bertz CT molecular complexity index is 663. The first kappa shape index (κ1) is 16.1. The lowest BCUT2D eigenvalue weighted by atomic mass is 10.2. The number of carbonyl (C=O) groups excluding carboxylic acids is 1.